The lowest BCUT2D eigenvalue weighted by atomic mass is 10.1. The summed E-state index contributed by atoms with van der Waals surface area (Å²) in [7, 11) is 0. The van der Waals surface area contributed by atoms with Crippen LogP contribution in [0.15, 0.2) is 0 Å². The van der Waals surface area contributed by atoms with E-state index in [1.54, 1.807) is 0 Å². The molecule has 1 aromatic rings. The SMILES string of the molecule is Cc1nc(NCC2CCCN2)nc(NC2CCCCCC2)n1. The first-order chi connectivity index (χ1) is 10.8. The van der Waals surface area contributed by atoms with Crippen LogP contribution in [0.25, 0.3) is 0 Å². The molecular formula is C16H28N6. The highest BCUT2D eigenvalue weighted by Crippen LogP contribution is 2.20. The molecule has 1 atom stereocenters. The van der Waals surface area contributed by atoms with E-state index in [4.69, 9.17) is 0 Å². The van der Waals surface area contributed by atoms with E-state index in [2.05, 4.69) is 30.9 Å². The zero-order valence-electron chi connectivity index (χ0n) is 13.6. The molecule has 2 fully saturated rings. The quantitative estimate of drug-likeness (QED) is 0.726. The average Bonchev–Trinajstić information content (AvgIpc) is 2.89. The minimum absolute atomic E-state index is 0.508. The van der Waals surface area contributed by atoms with Crippen LogP contribution in [0.2, 0.25) is 0 Å². The summed E-state index contributed by atoms with van der Waals surface area (Å²) in [6.07, 6.45) is 10.3. The number of nitrogens with zero attached hydrogens (tertiary/aromatic N) is 3. The highest BCUT2D eigenvalue weighted by molar-refractivity contribution is 5.35. The summed E-state index contributed by atoms with van der Waals surface area (Å²) in [5.41, 5.74) is 0. The highest BCUT2D eigenvalue weighted by atomic mass is 15.2. The van der Waals surface area contributed by atoms with Gasteiger partial charge in [0.05, 0.1) is 0 Å². The molecule has 0 aromatic carbocycles. The lowest BCUT2D eigenvalue weighted by molar-refractivity contribution is 0.612. The van der Waals surface area contributed by atoms with Gasteiger partial charge in [-0.2, -0.15) is 15.0 Å². The van der Waals surface area contributed by atoms with Crippen molar-refractivity contribution in [2.24, 2.45) is 0 Å². The van der Waals surface area contributed by atoms with E-state index in [0.29, 0.717) is 18.0 Å². The van der Waals surface area contributed by atoms with E-state index < -0.39 is 0 Å². The third-order valence-electron chi connectivity index (χ3n) is 4.60. The molecule has 2 aliphatic rings. The number of anilines is 2. The summed E-state index contributed by atoms with van der Waals surface area (Å²) in [4.78, 5) is 13.4. The topological polar surface area (TPSA) is 74.8 Å². The van der Waals surface area contributed by atoms with Crippen LogP contribution in [0, 0.1) is 6.92 Å². The molecule has 2 heterocycles. The van der Waals surface area contributed by atoms with Crippen molar-refractivity contribution in [1.82, 2.24) is 20.3 Å². The van der Waals surface area contributed by atoms with Gasteiger partial charge in [-0.05, 0) is 39.2 Å². The van der Waals surface area contributed by atoms with Crippen LogP contribution in [-0.2, 0) is 0 Å². The van der Waals surface area contributed by atoms with Crippen molar-refractivity contribution in [3.8, 4) is 0 Å². The van der Waals surface area contributed by atoms with Crippen molar-refractivity contribution in [3.05, 3.63) is 5.82 Å². The minimum atomic E-state index is 0.508. The fourth-order valence-corrected chi connectivity index (χ4v) is 3.38. The van der Waals surface area contributed by atoms with Gasteiger partial charge < -0.3 is 16.0 Å². The lowest BCUT2D eigenvalue weighted by Crippen LogP contribution is -2.30. The van der Waals surface area contributed by atoms with Crippen molar-refractivity contribution in [3.63, 3.8) is 0 Å². The van der Waals surface area contributed by atoms with Crippen LogP contribution in [0.3, 0.4) is 0 Å². The molecule has 3 N–H and O–H groups in total. The molecule has 3 rings (SSSR count). The van der Waals surface area contributed by atoms with Gasteiger partial charge in [0.25, 0.3) is 0 Å². The van der Waals surface area contributed by atoms with Gasteiger partial charge in [0.15, 0.2) is 0 Å². The first-order valence-corrected chi connectivity index (χ1v) is 8.76. The van der Waals surface area contributed by atoms with Crippen molar-refractivity contribution in [1.29, 1.82) is 0 Å². The fraction of sp³-hybridized carbons (Fsp3) is 0.812. The summed E-state index contributed by atoms with van der Waals surface area (Å²) < 4.78 is 0. The molecule has 0 radical (unpaired) electrons. The van der Waals surface area contributed by atoms with E-state index in [1.165, 1.54) is 51.4 Å². The van der Waals surface area contributed by atoms with Crippen molar-refractivity contribution in [2.45, 2.75) is 70.4 Å². The van der Waals surface area contributed by atoms with Crippen LogP contribution in [-0.4, -0.2) is 40.1 Å². The van der Waals surface area contributed by atoms with Crippen LogP contribution >= 0.6 is 0 Å². The Morgan fingerprint density at radius 2 is 1.73 bits per heavy atom. The van der Waals surface area contributed by atoms with Crippen molar-refractivity contribution >= 4 is 11.9 Å². The molecule has 6 nitrogen and oxygen atoms in total. The molecule has 1 aliphatic carbocycles. The third-order valence-corrected chi connectivity index (χ3v) is 4.60. The number of aromatic nitrogens is 3. The fourth-order valence-electron chi connectivity index (χ4n) is 3.38. The van der Waals surface area contributed by atoms with Gasteiger partial charge in [-0.25, -0.2) is 0 Å². The van der Waals surface area contributed by atoms with E-state index in [-0.39, 0.29) is 0 Å². The molecule has 1 unspecified atom stereocenters. The molecule has 6 heteroatoms. The van der Waals surface area contributed by atoms with Crippen molar-refractivity contribution in [2.75, 3.05) is 23.7 Å². The Hall–Kier alpha value is -1.43. The van der Waals surface area contributed by atoms with Gasteiger partial charge in [-0.1, -0.05) is 25.7 Å². The van der Waals surface area contributed by atoms with Crippen LogP contribution in [0.5, 0.6) is 0 Å². The average molecular weight is 304 g/mol. The lowest BCUT2D eigenvalue weighted by Gasteiger charge is -2.17. The van der Waals surface area contributed by atoms with E-state index in [0.717, 1.165) is 24.9 Å². The van der Waals surface area contributed by atoms with Crippen LogP contribution in [0.4, 0.5) is 11.9 Å². The number of hydrogen-bond acceptors (Lipinski definition) is 6. The second kappa shape index (κ2) is 7.72. The summed E-state index contributed by atoms with van der Waals surface area (Å²) in [5.74, 6) is 2.19. The molecule has 122 valence electrons. The first-order valence-electron chi connectivity index (χ1n) is 8.76. The summed E-state index contributed by atoms with van der Waals surface area (Å²) in [6.45, 7) is 3.93. The Balaban J connectivity index is 1.58. The molecule has 1 aromatic heterocycles. The third kappa shape index (κ3) is 4.53. The summed E-state index contributed by atoms with van der Waals surface area (Å²) in [5, 5.41) is 10.3. The minimum Gasteiger partial charge on any atom is -0.353 e. The Morgan fingerprint density at radius 1 is 0.955 bits per heavy atom. The Bertz CT molecular complexity index is 464. The molecule has 22 heavy (non-hydrogen) atoms. The van der Waals surface area contributed by atoms with Gasteiger partial charge >= 0.3 is 0 Å². The Labute approximate surface area is 132 Å². The summed E-state index contributed by atoms with van der Waals surface area (Å²) >= 11 is 0. The smallest absolute Gasteiger partial charge is 0.227 e. The molecule has 1 aliphatic heterocycles. The first kappa shape index (κ1) is 15.5. The van der Waals surface area contributed by atoms with Crippen LogP contribution in [0.1, 0.15) is 57.2 Å². The van der Waals surface area contributed by atoms with Gasteiger partial charge in [-0.15, -0.1) is 0 Å². The predicted molar refractivity (Wildman–Crippen MR) is 89.2 cm³/mol. The number of rotatable bonds is 5. The Morgan fingerprint density at radius 3 is 2.45 bits per heavy atom. The standard InChI is InChI=1S/C16H28N6/c1-12-19-15(18-11-14-9-6-10-17-14)22-16(20-12)21-13-7-4-2-3-5-8-13/h13-14,17H,2-11H2,1H3,(H2,18,19,20,21,22). The van der Waals surface area contributed by atoms with Gasteiger partial charge in [0, 0.05) is 18.6 Å². The zero-order valence-corrected chi connectivity index (χ0v) is 13.6. The summed E-state index contributed by atoms with van der Waals surface area (Å²) in [6, 6.07) is 1.05. The maximum atomic E-state index is 4.55. The van der Waals surface area contributed by atoms with Crippen molar-refractivity contribution < 1.29 is 0 Å². The molecule has 0 amide bonds. The van der Waals surface area contributed by atoms with E-state index >= 15 is 0 Å². The molecule has 0 bridgehead atoms. The van der Waals surface area contributed by atoms with Crippen LogP contribution < -0.4 is 16.0 Å². The maximum Gasteiger partial charge on any atom is 0.227 e. The van der Waals surface area contributed by atoms with E-state index in [1.807, 2.05) is 6.92 Å². The van der Waals surface area contributed by atoms with Gasteiger partial charge in [-0.3, -0.25) is 0 Å². The van der Waals surface area contributed by atoms with Gasteiger partial charge in [0.2, 0.25) is 11.9 Å². The number of hydrogen-bond donors (Lipinski definition) is 3. The second-order valence-electron chi connectivity index (χ2n) is 6.54. The molecular weight excluding hydrogens is 276 g/mol. The highest BCUT2D eigenvalue weighted by Gasteiger charge is 2.16. The van der Waals surface area contributed by atoms with E-state index in [9.17, 15) is 0 Å². The molecule has 0 spiro atoms. The van der Waals surface area contributed by atoms with Gasteiger partial charge in [0.1, 0.15) is 5.82 Å². The Kier molecular flexibility index (Phi) is 5.43. The maximum absolute atomic E-state index is 4.55. The zero-order chi connectivity index (χ0) is 15.2. The number of nitrogens with one attached hydrogen (secondary N) is 3. The second-order valence-corrected chi connectivity index (χ2v) is 6.54. The normalized spacial score (nSPS) is 23.2. The molecule has 1 saturated carbocycles. The predicted octanol–water partition coefficient (Wildman–Crippen LogP) is 2.48. The monoisotopic (exact) mass is 304 g/mol. The molecule has 1 saturated heterocycles. The largest absolute Gasteiger partial charge is 0.353 e. The number of aryl methyl sites for hydroxylation is 1.